The molecule has 0 aliphatic rings. The lowest BCUT2D eigenvalue weighted by molar-refractivity contribution is 0.624. The van der Waals surface area contributed by atoms with E-state index < -0.39 is 0 Å². The van der Waals surface area contributed by atoms with Gasteiger partial charge in [0.15, 0.2) is 5.82 Å². The van der Waals surface area contributed by atoms with Crippen LogP contribution < -0.4 is 5.73 Å². The molecule has 1 aromatic heterocycles. The predicted molar refractivity (Wildman–Crippen MR) is 60.1 cm³/mol. The lowest BCUT2D eigenvalue weighted by atomic mass is 10.1. The molecule has 0 spiro atoms. The van der Waals surface area contributed by atoms with Gasteiger partial charge in [-0.2, -0.15) is 0 Å². The molecule has 0 radical (unpaired) electrons. The van der Waals surface area contributed by atoms with E-state index in [9.17, 15) is 4.39 Å². The third kappa shape index (κ3) is 1.76. The minimum Gasteiger partial charge on any atom is -0.398 e. The van der Waals surface area contributed by atoms with E-state index in [2.05, 4.69) is 10.2 Å². The smallest absolute Gasteiger partial charge is 0.168 e. The van der Waals surface area contributed by atoms with E-state index in [4.69, 9.17) is 5.73 Å². The van der Waals surface area contributed by atoms with Crippen molar-refractivity contribution in [3.63, 3.8) is 0 Å². The Morgan fingerprint density at radius 2 is 2.25 bits per heavy atom. The summed E-state index contributed by atoms with van der Waals surface area (Å²) in [5, 5.41) is 7.71. The minimum absolute atomic E-state index is 0.327. The van der Waals surface area contributed by atoms with Crippen LogP contribution in [0.1, 0.15) is 13.3 Å². The molecule has 0 fully saturated rings. The van der Waals surface area contributed by atoms with Crippen LogP contribution in [-0.4, -0.2) is 14.8 Å². The maximum Gasteiger partial charge on any atom is 0.168 e. The molecular weight excluding hydrogens is 207 g/mol. The first kappa shape index (κ1) is 10.6. The summed E-state index contributed by atoms with van der Waals surface area (Å²) in [6, 6.07) is 4.61. The Kier molecular flexibility index (Phi) is 2.85. The highest BCUT2D eigenvalue weighted by atomic mass is 19.1. The van der Waals surface area contributed by atoms with E-state index in [1.54, 1.807) is 23.0 Å². The van der Waals surface area contributed by atoms with Gasteiger partial charge in [-0.05, 0) is 18.6 Å². The first-order chi connectivity index (χ1) is 7.74. The van der Waals surface area contributed by atoms with E-state index in [1.807, 2.05) is 6.92 Å². The molecule has 0 aliphatic carbocycles. The van der Waals surface area contributed by atoms with Gasteiger partial charge < -0.3 is 10.3 Å². The highest BCUT2D eigenvalue weighted by Gasteiger charge is 2.14. The maximum absolute atomic E-state index is 13.7. The molecule has 16 heavy (non-hydrogen) atoms. The molecule has 0 aliphatic heterocycles. The number of nitrogens with zero attached hydrogens (tertiary/aromatic N) is 3. The second-order valence-corrected chi connectivity index (χ2v) is 3.55. The second-order valence-electron chi connectivity index (χ2n) is 3.55. The average molecular weight is 220 g/mol. The first-order valence-electron chi connectivity index (χ1n) is 5.16. The van der Waals surface area contributed by atoms with Crippen molar-refractivity contribution in [2.24, 2.45) is 0 Å². The van der Waals surface area contributed by atoms with Crippen molar-refractivity contribution < 1.29 is 4.39 Å². The second kappa shape index (κ2) is 4.30. The number of aromatic nitrogens is 3. The van der Waals surface area contributed by atoms with E-state index in [0.717, 1.165) is 13.0 Å². The van der Waals surface area contributed by atoms with Crippen LogP contribution in [0.4, 0.5) is 10.1 Å². The molecule has 1 aromatic carbocycles. The first-order valence-corrected chi connectivity index (χ1v) is 5.16. The van der Waals surface area contributed by atoms with Gasteiger partial charge in [-0.15, -0.1) is 10.2 Å². The van der Waals surface area contributed by atoms with Crippen molar-refractivity contribution >= 4 is 5.69 Å². The monoisotopic (exact) mass is 220 g/mol. The zero-order chi connectivity index (χ0) is 11.5. The largest absolute Gasteiger partial charge is 0.398 e. The van der Waals surface area contributed by atoms with Crippen LogP contribution in [0, 0.1) is 5.82 Å². The molecule has 0 saturated carbocycles. The number of rotatable bonds is 3. The van der Waals surface area contributed by atoms with Crippen LogP contribution in [0.25, 0.3) is 11.4 Å². The van der Waals surface area contributed by atoms with E-state index >= 15 is 0 Å². The van der Waals surface area contributed by atoms with Gasteiger partial charge >= 0.3 is 0 Å². The Labute approximate surface area is 92.9 Å². The number of halogens is 1. The van der Waals surface area contributed by atoms with Gasteiger partial charge in [0.05, 0.1) is 5.56 Å². The summed E-state index contributed by atoms with van der Waals surface area (Å²) >= 11 is 0. The Morgan fingerprint density at radius 3 is 2.94 bits per heavy atom. The maximum atomic E-state index is 13.7. The van der Waals surface area contributed by atoms with E-state index in [1.165, 1.54) is 6.07 Å². The number of nitrogens with two attached hydrogens (primary N) is 1. The van der Waals surface area contributed by atoms with Crippen LogP contribution in [0.5, 0.6) is 0 Å². The molecular formula is C11H13FN4. The Bertz CT molecular complexity index is 472. The van der Waals surface area contributed by atoms with Crippen molar-refractivity contribution in [1.82, 2.24) is 14.8 Å². The number of aryl methyl sites for hydroxylation is 1. The fraction of sp³-hybridized carbons (Fsp3) is 0.273. The average Bonchev–Trinajstić information content (AvgIpc) is 2.67. The summed E-state index contributed by atoms with van der Waals surface area (Å²) in [5.41, 5.74) is 6.46. The summed E-state index contributed by atoms with van der Waals surface area (Å²) in [7, 11) is 0. The van der Waals surface area contributed by atoms with Crippen LogP contribution in [-0.2, 0) is 6.54 Å². The standard InChI is InChI=1S/C11H13FN4/c1-2-6-16-7-14-15-11(16)10-8(12)4-3-5-9(10)13/h3-5,7H,2,6,13H2,1H3. The summed E-state index contributed by atoms with van der Waals surface area (Å²) in [4.78, 5) is 0. The van der Waals surface area contributed by atoms with E-state index in [0.29, 0.717) is 17.1 Å². The zero-order valence-electron chi connectivity index (χ0n) is 9.02. The minimum atomic E-state index is -0.370. The Morgan fingerprint density at radius 1 is 1.44 bits per heavy atom. The molecule has 4 nitrogen and oxygen atoms in total. The van der Waals surface area contributed by atoms with Crippen molar-refractivity contribution in [3.8, 4) is 11.4 Å². The van der Waals surface area contributed by atoms with Crippen LogP contribution >= 0.6 is 0 Å². The van der Waals surface area contributed by atoms with Crippen molar-refractivity contribution in [2.45, 2.75) is 19.9 Å². The fourth-order valence-corrected chi connectivity index (χ4v) is 1.63. The number of benzene rings is 1. The zero-order valence-corrected chi connectivity index (χ0v) is 9.02. The molecule has 84 valence electrons. The summed E-state index contributed by atoms with van der Waals surface area (Å²) in [6.45, 7) is 2.78. The molecule has 0 saturated heterocycles. The number of anilines is 1. The topological polar surface area (TPSA) is 56.7 Å². The van der Waals surface area contributed by atoms with Gasteiger partial charge in [0, 0.05) is 12.2 Å². The molecule has 2 aromatic rings. The van der Waals surface area contributed by atoms with Gasteiger partial charge in [0.1, 0.15) is 12.1 Å². The van der Waals surface area contributed by atoms with Crippen molar-refractivity contribution in [3.05, 3.63) is 30.3 Å². The summed E-state index contributed by atoms with van der Waals surface area (Å²) in [6.07, 6.45) is 2.52. The highest BCUT2D eigenvalue weighted by Crippen LogP contribution is 2.26. The quantitative estimate of drug-likeness (QED) is 0.805. The fourth-order valence-electron chi connectivity index (χ4n) is 1.63. The summed E-state index contributed by atoms with van der Waals surface area (Å²) in [5.74, 6) is 0.114. The lowest BCUT2D eigenvalue weighted by Crippen LogP contribution is -2.02. The van der Waals surface area contributed by atoms with Crippen LogP contribution in [0.2, 0.25) is 0 Å². The molecule has 5 heteroatoms. The number of hydrogen-bond donors (Lipinski definition) is 1. The molecule has 0 amide bonds. The molecule has 0 atom stereocenters. The molecule has 2 rings (SSSR count). The van der Waals surface area contributed by atoms with Gasteiger partial charge in [-0.3, -0.25) is 0 Å². The van der Waals surface area contributed by atoms with Crippen molar-refractivity contribution in [2.75, 3.05) is 5.73 Å². The van der Waals surface area contributed by atoms with Gasteiger partial charge in [0.25, 0.3) is 0 Å². The van der Waals surface area contributed by atoms with Gasteiger partial charge in [-0.25, -0.2) is 4.39 Å². The van der Waals surface area contributed by atoms with E-state index in [-0.39, 0.29) is 5.82 Å². The Balaban J connectivity index is 2.54. The molecule has 0 unspecified atom stereocenters. The third-order valence-corrected chi connectivity index (χ3v) is 2.35. The molecule has 1 heterocycles. The van der Waals surface area contributed by atoms with Crippen LogP contribution in [0.15, 0.2) is 24.5 Å². The Hall–Kier alpha value is -1.91. The van der Waals surface area contributed by atoms with Gasteiger partial charge in [-0.1, -0.05) is 13.0 Å². The lowest BCUT2D eigenvalue weighted by Gasteiger charge is -2.08. The number of nitrogen functional groups attached to an aromatic ring is 1. The number of hydrogen-bond acceptors (Lipinski definition) is 3. The SMILES string of the molecule is CCCn1cnnc1-c1c(N)cccc1F. The predicted octanol–water partition coefficient (Wildman–Crippen LogP) is 2.08. The normalized spacial score (nSPS) is 10.6. The molecule has 0 bridgehead atoms. The van der Waals surface area contributed by atoms with Crippen molar-refractivity contribution in [1.29, 1.82) is 0 Å². The third-order valence-electron chi connectivity index (χ3n) is 2.35. The highest BCUT2D eigenvalue weighted by molar-refractivity contribution is 5.71. The summed E-state index contributed by atoms with van der Waals surface area (Å²) < 4.78 is 15.5. The van der Waals surface area contributed by atoms with Gasteiger partial charge in [0.2, 0.25) is 0 Å². The molecule has 2 N–H and O–H groups in total. The van der Waals surface area contributed by atoms with Crippen LogP contribution in [0.3, 0.4) is 0 Å².